The van der Waals surface area contributed by atoms with Gasteiger partial charge in [0.2, 0.25) is 0 Å². The first-order valence-electron chi connectivity index (χ1n) is 15.0. The molecular formula is C40H23N3OS. The second-order valence-corrected chi connectivity index (χ2v) is 12.4. The molecule has 0 aliphatic heterocycles. The van der Waals surface area contributed by atoms with E-state index in [4.69, 9.17) is 14.4 Å². The predicted octanol–water partition coefficient (Wildman–Crippen LogP) is 11.2. The van der Waals surface area contributed by atoms with Crippen molar-refractivity contribution in [2.45, 2.75) is 0 Å². The van der Waals surface area contributed by atoms with Crippen LogP contribution in [0, 0.1) is 0 Å². The fourth-order valence-electron chi connectivity index (χ4n) is 6.83. The summed E-state index contributed by atoms with van der Waals surface area (Å²) in [7, 11) is 0. The molecule has 0 aliphatic rings. The van der Waals surface area contributed by atoms with Crippen LogP contribution in [0.25, 0.3) is 92.4 Å². The summed E-state index contributed by atoms with van der Waals surface area (Å²) in [4.78, 5) is 10.2. The minimum atomic E-state index is 0.680. The van der Waals surface area contributed by atoms with Crippen molar-refractivity contribution in [3.8, 4) is 28.3 Å². The first kappa shape index (κ1) is 24.6. The Balaban J connectivity index is 1.32. The number of benzene rings is 6. The van der Waals surface area contributed by atoms with Crippen LogP contribution in [0.15, 0.2) is 144 Å². The summed E-state index contributed by atoms with van der Waals surface area (Å²) in [5.41, 5.74) is 8.33. The lowest BCUT2D eigenvalue weighted by Gasteiger charge is -2.08. The molecule has 0 N–H and O–H groups in total. The average molecular weight is 594 g/mol. The van der Waals surface area contributed by atoms with Crippen LogP contribution in [0.2, 0.25) is 0 Å². The Morgan fingerprint density at radius 3 is 2.07 bits per heavy atom. The van der Waals surface area contributed by atoms with E-state index in [1.54, 1.807) is 0 Å². The summed E-state index contributed by atoms with van der Waals surface area (Å²) in [5.74, 6) is 0.680. The van der Waals surface area contributed by atoms with E-state index in [2.05, 4.69) is 108 Å². The number of hydrogen-bond acceptors (Lipinski definition) is 4. The van der Waals surface area contributed by atoms with E-state index in [9.17, 15) is 0 Å². The van der Waals surface area contributed by atoms with Gasteiger partial charge in [-0.1, -0.05) is 109 Å². The Kier molecular flexibility index (Phi) is 5.12. The third kappa shape index (κ3) is 3.53. The molecule has 5 heteroatoms. The van der Waals surface area contributed by atoms with Crippen LogP contribution in [0.3, 0.4) is 0 Å². The molecule has 0 saturated carbocycles. The standard InChI is InChI=1S/C40H23N3OS/c1-3-12-24(13-4-1)35-38-36(42-40(41-35)25-14-5-2-6-15-25)29-18-11-20-32(37(29)44-38)43-30-19-9-7-17-28(30)34-31(43)23-22-27-26-16-8-10-21-33(26)45-39(27)34/h1-23H. The molecule has 0 aliphatic carbocycles. The highest BCUT2D eigenvalue weighted by Crippen LogP contribution is 2.45. The zero-order chi connectivity index (χ0) is 29.5. The number of aromatic nitrogens is 3. The molecule has 210 valence electrons. The average Bonchev–Trinajstić information content (AvgIpc) is 3.78. The molecule has 4 aromatic heterocycles. The monoisotopic (exact) mass is 593 g/mol. The smallest absolute Gasteiger partial charge is 0.180 e. The molecule has 0 spiro atoms. The van der Waals surface area contributed by atoms with Gasteiger partial charge < -0.3 is 8.98 Å². The summed E-state index contributed by atoms with van der Waals surface area (Å²) in [6.45, 7) is 0. The molecule has 10 aromatic rings. The Hall–Kier alpha value is -5.78. The molecule has 0 fully saturated rings. The summed E-state index contributed by atoms with van der Waals surface area (Å²) in [5, 5.41) is 6.07. The summed E-state index contributed by atoms with van der Waals surface area (Å²) >= 11 is 1.87. The molecule has 0 amide bonds. The maximum Gasteiger partial charge on any atom is 0.180 e. The maximum absolute atomic E-state index is 6.87. The lowest BCUT2D eigenvalue weighted by molar-refractivity contribution is 0.665. The van der Waals surface area contributed by atoms with Crippen molar-refractivity contribution in [1.82, 2.24) is 14.5 Å². The minimum Gasteiger partial charge on any atom is -0.450 e. The van der Waals surface area contributed by atoms with E-state index >= 15 is 0 Å². The van der Waals surface area contributed by atoms with E-state index in [-0.39, 0.29) is 0 Å². The second kappa shape index (κ2) is 9.36. The van der Waals surface area contributed by atoms with Gasteiger partial charge in [0.1, 0.15) is 11.2 Å². The van der Waals surface area contributed by atoms with Gasteiger partial charge in [0.15, 0.2) is 17.0 Å². The van der Waals surface area contributed by atoms with Gasteiger partial charge in [0.25, 0.3) is 0 Å². The number of furan rings is 1. The van der Waals surface area contributed by atoms with Crippen molar-refractivity contribution in [1.29, 1.82) is 0 Å². The second-order valence-electron chi connectivity index (χ2n) is 11.3. The van der Waals surface area contributed by atoms with Crippen molar-refractivity contribution in [3.63, 3.8) is 0 Å². The van der Waals surface area contributed by atoms with Crippen molar-refractivity contribution >= 4 is 75.4 Å². The molecule has 4 heterocycles. The Bertz CT molecular complexity index is 2760. The van der Waals surface area contributed by atoms with Gasteiger partial charge in [-0.3, -0.25) is 0 Å². The van der Waals surface area contributed by atoms with Gasteiger partial charge >= 0.3 is 0 Å². The molecule has 6 aromatic carbocycles. The largest absolute Gasteiger partial charge is 0.450 e. The van der Waals surface area contributed by atoms with Crippen molar-refractivity contribution < 1.29 is 4.42 Å². The van der Waals surface area contributed by atoms with Crippen LogP contribution in [-0.4, -0.2) is 14.5 Å². The molecule has 45 heavy (non-hydrogen) atoms. The van der Waals surface area contributed by atoms with Gasteiger partial charge in [0.05, 0.1) is 16.7 Å². The molecule has 10 rings (SSSR count). The van der Waals surface area contributed by atoms with Crippen LogP contribution in [0.1, 0.15) is 0 Å². The maximum atomic E-state index is 6.87. The molecular weight excluding hydrogens is 571 g/mol. The minimum absolute atomic E-state index is 0.680. The van der Waals surface area contributed by atoms with E-state index < -0.39 is 0 Å². The number of para-hydroxylation sites is 2. The van der Waals surface area contributed by atoms with Crippen LogP contribution in [0.5, 0.6) is 0 Å². The van der Waals surface area contributed by atoms with Gasteiger partial charge in [-0.2, -0.15) is 0 Å². The number of rotatable bonds is 3. The fraction of sp³-hybridized carbons (Fsp3) is 0. The summed E-state index contributed by atoms with van der Waals surface area (Å²) in [6.07, 6.45) is 0. The van der Waals surface area contributed by atoms with Crippen molar-refractivity contribution in [3.05, 3.63) is 140 Å². The van der Waals surface area contributed by atoms with Crippen LogP contribution >= 0.6 is 11.3 Å². The Labute approximate surface area is 261 Å². The van der Waals surface area contributed by atoms with Crippen LogP contribution < -0.4 is 0 Å². The zero-order valence-corrected chi connectivity index (χ0v) is 24.8. The molecule has 0 saturated heterocycles. The van der Waals surface area contributed by atoms with E-state index in [1.807, 2.05) is 47.7 Å². The van der Waals surface area contributed by atoms with Gasteiger partial charge in [-0.15, -0.1) is 11.3 Å². The Morgan fingerprint density at radius 2 is 1.22 bits per heavy atom. The van der Waals surface area contributed by atoms with Gasteiger partial charge in [-0.25, -0.2) is 9.97 Å². The summed E-state index contributed by atoms with van der Waals surface area (Å²) < 4.78 is 11.8. The first-order chi connectivity index (χ1) is 22.3. The SMILES string of the molecule is c1ccc(-c2nc(-c3ccccc3)c3oc4c(-n5c6ccccc6c6c7sc8ccccc8c7ccc65)cccc4c3n2)cc1. The molecule has 0 bridgehead atoms. The molecule has 0 atom stereocenters. The third-order valence-corrected chi connectivity index (χ3v) is 10.0. The normalized spacial score (nSPS) is 12.0. The number of thiophene rings is 1. The number of nitrogens with zero attached hydrogens (tertiary/aromatic N) is 3. The quantitative estimate of drug-likeness (QED) is 0.205. The predicted molar refractivity (Wildman–Crippen MR) is 187 cm³/mol. The van der Waals surface area contributed by atoms with Gasteiger partial charge in [-0.05, 0) is 30.3 Å². The highest BCUT2D eigenvalue weighted by Gasteiger charge is 2.23. The summed E-state index contributed by atoms with van der Waals surface area (Å²) in [6, 6.07) is 48.7. The highest BCUT2D eigenvalue weighted by molar-refractivity contribution is 7.26. The third-order valence-electron chi connectivity index (χ3n) is 8.82. The van der Waals surface area contributed by atoms with Crippen molar-refractivity contribution in [2.75, 3.05) is 0 Å². The highest BCUT2D eigenvalue weighted by atomic mass is 32.1. The Morgan fingerprint density at radius 1 is 0.511 bits per heavy atom. The number of hydrogen-bond donors (Lipinski definition) is 0. The lowest BCUT2D eigenvalue weighted by atomic mass is 10.1. The topological polar surface area (TPSA) is 43.9 Å². The van der Waals surface area contributed by atoms with Crippen LogP contribution in [-0.2, 0) is 0 Å². The number of fused-ring (bicyclic) bond motifs is 10. The first-order valence-corrected chi connectivity index (χ1v) is 15.8. The molecule has 0 unspecified atom stereocenters. The lowest BCUT2D eigenvalue weighted by Crippen LogP contribution is -1.94. The van der Waals surface area contributed by atoms with Gasteiger partial charge in [0, 0.05) is 47.5 Å². The van der Waals surface area contributed by atoms with Crippen molar-refractivity contribution in [2.24, 2.45) is 0 Å². The zero-order valence-electron chi connectivity index (χ0n) is 23.9. The van der Waals surface area contributed by atoms with E-state index in [0.29, 0.717) is 11.4 Å². The molecule has 4 nitrogen and oxygen atoms in total. The fourth-order valence-corrected chi connectivity index (χ4v) is 8.09. The molecule has 0 radical (unpaired) electrons. The van der Waals surface area contributed by atoms with Crippen LogP contribution in [0.4, 0.5) is 0 Å². The van der Waals surface area contributed by atoms with E-state index in [1.165, 1.54) is 30.9 Å². The van der Waals surface area contributed by atoms with E-state index in [0.717, 1.165) is 50.0 Å².